The minimum absolute atomic E-state index is 0.292. The molecule has 0 bridgehead atoms. The van der Waals surface area contributed by atoms with Gasteiger partial charge in [0.15, 0.2) is 0 Å². The summed E-state index contributed by atoms with van der Waals surface area (Å²) in [6, 6.07) is 0. The van der Waals surface area contributed by atoms with E-state index >= 15 is 0 Å². The molecule has 3 heteroatoms. The van der Waals surface area contributed by atoms with Gasteiger partial charge >= 0.3 is 0 Å². The van der Waals surface area contributed by atoms with Crippen molar-refractivity contribution in [2.24, 2.45) is 5.92 Å². The zero-order valence-electron chi connectivity index (χ0n) is 8.18. The lowest BCUT2D eigenvalue weighted by Crippen LogP contribution is -2.38. The first kappa shape index (κ1) is 10.6. The quantitative estimate of drug-likeness (QED) is 0.537. The van der Waals surface area contributed by atoms with E-state index in [0.29, 0.717) is 11.1 Å². The van der Waals surface area contributed by atoms with E-state index < -0.39 is 0 Å². The van der Waals surface area contributed by atoms with Crippen molar-refractivity contribution in [2.75, 3.05) is 12.4 Å². The number of ether oxygens (including phenoxy) is 1. The summed E-state index contributed by atoms with van der Waals surface area (Å²) in [4.78, 5) is 0. The Bertz CT molecular complexity index is 134. The highest BCUT2D eigenvalue weighted by Crippen LogP contribution is 2.28. The van der Waals surface area contributed by atoms with Gasteiger partial charge in [-0.05, 0) is 37.4 Å². The summed E-state index contributed by atoms with van der Waals surface area (Å²) in [5.74, 6) is 1.71. The van der Waals surface area contributed by atoms with Gasteiger partial charge in [0.25, 0.3) is 0 Å². The zero-order valence-corrected chi connectivity index (χ0v) is 11.1. The SMILES string of the molecule is CC(CS)CC1([SiH3])CCCCO1. The molecular weight excluding hydrogens is 184 g/mol. The van der Waals surface area contributed by atoms with E-state index in [1.165, 1.54) is 35.9 Å². The van der Waals surface area contributed by atoms with Gasteiger partial charge < -0.3 is 4.74 Å². The first-order valence-electron chi connectivity index (χ1n) is 4.91. The maximum atomic E-state index is 5.87. The van der Waals surface area contributed by atoms with Crippen molar-refractivity contribution in [3.05, 3.63) is 0 Å². The van der Waals surface area contributed by atoms with E-state index in [9.17, 15) is 0 Å². The predicted molar refractivity (Wildman–Crippen MR) is 60.1 cm³/mol. The van der Waals surface area contributed by atoms with Gasteiger partial charge in [-0.3, -0.25) is 0 Å². The molecular formula is C9H20OSSi. The highest BCUT2D eigenvalue weighted by Gasteiger charge is 2.28. The topological polar surface area (TPSA) is 9.23 Å². The molecule has 0 amide bonds. The fourth-order valence-corrected chi connectivity index (χ4v) is 3.34. The minimum Gasteiger partial charge on any atom is -0.380 e. The maximum Gasteiger partial charge on any atom is 0.0488 e. The molecule has 0 aromatic heterocycles. The summed E-state index contributed by atoms with van der Waals surface area (Å²) >= 11 is 4.31. The average molecular weight is 204 g/mol. The van der Waals surface area contributed by atoms with Crippen molar-refractivity contribution in [3.63, 3.8) is 0 Å². The van der Waals surface area contributed by atoms with Gasteiger partial charge in [0, 0.05) is 22.1 Å². The van der Waals surface area contributed by atoms with Crippen LogP contribution < -0.4 is 0 Å². The van der Waals surface area contributed by atoms with Gasteiger partial charge in [-0.15, -0.1) is 0 Å². The molecule has 0 aromatic carbocycles. The Morgan fingerprint density at radius 2 is 2.33 bits per heavy atom. The lowest BCUT2D eigenvalue weighted by Gasteiger charge is -2.35. The van der Waals surface area contributed by atoms with Gasteiger partial charge in [-0.25, -0.2) is 0 Å². The summed E-state index contributed by atoms with van der Waals surface area (Å²) in [6.45, 7) is 3.26. The second kappa shape index (κ2) is 4.68. The van der Waals surface area contributed by atoms with E-state index in [0.717, 1.165) is 12.4 Å². The van der Waals surface area contributed by atoms with Crippen LogP contribution in [-0.2, 0) is 4.74 Å². The van der Waals surface area contributed by atoms with Gasteiger partial charge in [-0.1, -0.05) is 6.92 Å². The number of thiol groups is 1. The summed E-state index contributed by atoms with van der Waals surface area (Å²) < 4.78 is 5.87. The second-order valence-corrected chi connectivity index (χ2v) is 6.43. The van der Waals surface area contributed by atoms with Crippen LogP contribution in [0.1, 0.15) is 32.6 Å². The largest absolute Gasteiger partial charge is 0.380 e. The van der Waals surface area contributed by atoms with Crippen molar-refractivity contribution >= 4 is 22.9 Å². The highest BCUT2D eigenvalue weighted by atomic mass is 32.1. The Hall–Kier alpha value is 0.527. The van der Waals surface area contributed by atoms with Crippen LogP contribution in [0, 0.1) is 5.92 Å². The third-order valence-corrected chi connectivity index (χ3v) is 4.46. The lowest BCUT2D eigenvalue weighted by atomic mass is 9.98. The van der Waals surface area contributed by atoms with Crippen molar-refractivity contribution in [3.8, 4) is 0 Å². The van der Waals surface area contributed by atoms with Crippen LogP contribution in [0.2, 0.25) is 0 Å². The summed E-state index contributed by atoms with van der Waals surface area (Å²) in [7, 11) is 1.18. The number of hydrogen-bond acceptors (Lipinski definition) is 2. The van der Waals surface area contributed by atoms with Gasteiger partial charge in [0.2, 0.25) is 0 Å². The van der Waals surface area contributed by atoms with E-state index in [1.54, 1.807) is 0 Å². The van der Waals surface area contributed by atoms with Gasteiger partial charge in [-0.2, -0.15) is 12.6 Å². The van der Waals surface area contributed by atoms with Crippen LogP contribution >= 0.6 is 12.6 Å². The van der Waals surface area contributed by atoms with E-state index in [-0.39, 0.29) is 0 Å². The van der Waals surface area contributed by atoms with E-state index in [4.69, 9.17) is 4.74 Å². The molecule has 1 aliphatic rings. The molecule has 0 aliphatic carbocycles. The molecule has 0 N–H and O–H groups in total. The molecule has 0 radical (unpaired) electrons. The molecule has 1 aliphatic heterocycles. The Morgan fingerprint density at radius 3 is 2.83 bits per heavy atom. The molecule has 0 spiro atoms. The third kappa shape index (κ3) is 3.11. The molecule has 0 saturated carbocycles. The molecule has 1 rings (SSSR count). The fourth-order valence-electron chi connectivity index (χ4n) is 1.95. The van der Waals surface area contributed by atoms with Crippen LogP contribution in [-0.4, -0.2) is 27.8 Å². The molecule has 72 valence electrons. The van der Waals surface area contributed by atoms with Crippen molar-refractivity contribution in [2.45, 2.75) is 37.8 Å². The molecule has 0 aromatic rings. The van der Waals surface area contributed by atoms with Gasteiger partial charge in [0.1, 0.15) is 0 Å². The fraction of sp³-hybridized carbons (Fsp3) is 1.00. The average Bonchev–Trinajstić information content (AvgIpc) is 2.05. The van der Waals surface area contributed by atoms with Crippen LogP contribution in [0.15, 0.2) is 0 Å². The highest BCUT2D eigenvalue weighted by molar-refractivity contribution is 7.80. The molecule has 1 fully saturated rings. The predicted octanol–water partition coefficient (Wildman–Crippen LogP) is 1.20. The van der Waals surface area contributed by atoms with Crippen LogP contribution in [0.25, 0.3) is 0 Å². The lowest BCUT2D eigenvalue weighted by molar-refractivity contribution is -0.0292. The van der Waals surface area contributed by atoms with E-state index in [1.807, 2.05) is 0 Å². The summed E-state index contributed by atoms with van der Waals surface area (Å²) in [5, 5.41) is 0.292. The molecule has 1 nitrogen and oxygen atoms in total. The zero-order chi connectivity index (χ0) is 9.03. The first-order chi connectivity index (χ1) is 5.66. The van der Waals surface area contributed by atoms with E-state index in [2.05, 4.69) is 19.6 Å². The smallest absolute Gasteiger partial charge is 0.0488 e. The second-order valence-electron chi connectivity index (χ2n) is 4.25. The standard InChI is InChI=1S/C9H20OSSi/c1-8(7-11)6-9(12)4-2-3-5-10-9/h8,11H,2-7H2,1,12H3. The van der Waals surface area contributed by atoms with Crippen molar-refractivity contribution in [1.82, 2.24) is 0 Å². The van der Waals surface area contributed by atoms with Crippen LogP contribution in [0.4, 0.5) is 0 Å². The van der Waals surface area contributed by atoms with Crippen molar-refractivity contribution < 1.29 is 4.74 Å². The summed E-state index contributed by atoms with van der Waals surface area (Å²) in [5.41, 5.74) is 0. The van der Waals surface area contributed by atoms with Gasteiger partial charge in [0.05, 0.1) is 0 Å². The molecule has 1 saturated heterocycles. The van der Waals surface area contributed by atoms with Crippen molar-refractivity contribution in [1.29, 1.82) is 0 Å². The number of rotatable bonds is 3. The third-order valence-electron chi connectivity index (χ3n) is 2.64. The molecule has 12 heavy (non-hydrogen) atoms. The monoisotopic (exact) mass is 204 g/mol. The maximum absolute atomic E-state index is 5.87. The Balaban J connectivity index is 2.35. The number of hydrogen-bond donors (Lipinski definition) is 1. The Labute approximate surface area is 84.1 Å². The molecule has 2 atom stereocenters. The summed E-state index contributed by atoms with van der Waals surface area (Å²) in [6.07, 6.45) is 5.14. The van der Waals surface area contributed by atoms with Crippen LogP contribution in [0.5, 0.6) is 0 Å². The Morgan fingerprint density at radius 1 is 1.58 bits per heavy atom. The van der Waals surface area contributed by atoms with Crippen LogP contribution in [0.3, 0.4) is 0 Å². The Kier molecular flexibility index (Phi) is 4.13. The normalized spacial score (nSPS) is 33.5. The molecule has 2 unspecified atom stereocenters. The minimum atomic E-state index is 0.292. The first-order valence-corrected chi connectivity index (χ1v) is 6.54. The molecule has 1 heterocycles.